The van der Waals surface area contributed by atoms with E-state index >= 15 is 0 Å². The number of nitrogens with one attached hydrogen (secondary N) is 1. The number of carbonyl (C=O) groups excluding carboxylic acids is 2. The third kappa shape index (κ3) is 5.09. The number of carbonyl (C=O) groups is 2. The number of halogens is 2. The van der Waals surface area contributed by atoms with Crippen LogP contribution >= 0.6 is 28.3 Å². The van der Waals surface area contributed by atoms with Crippen LogP contribution in [0.25, 0.3) is 0 Å². The number of likely N-dealkylation sites (N-methyl/N-ethyl adjacent to an activating group) is 1. The monoisotopic (exact) mass is 420 g/mol. The molecule has 1 aliphatic heterocycles. The van der Waals surface area contributed by atoms with Crippen LogP contribution in [0.2, 0.25) is 0 Å². The summed E-state index contributed by atoms with van der Waals surface area (Å²) < 4.78 is 11.4. The Morgan fingerprint density at radius 3 is 2.83 bits per heavy atom. The summed E-state index contributed by atoms with van der Waals surface area (Å²) in [5, 5.41) is 2.88. The van der Waals surface area contributed by atoms with Crippen molar-refractivity contribution in [1.29, 1.82) is 0 Å². The third-order valence-corrected chi connectivity index (χ3v) is 4.30. The van der Waals surface area contributed by atoms with Gasteiger partial charge in [0.1, 0.15) is 17.9 Å². The smallest absolute Gasteiger partial charge is 0.341 e. The average molecular weight is 422 g/mol. The Morgan fingerprint density at radius 1 is 1.42 bits per heavy atom. The third-order valence-electron chi connectivity index (χ3n) is 3.81. The quantitative estimate of drug-likeness (QED) is 0.714. The van der Waals surface area contributed by atoms with Crippen LogP contribution < -0.4 is 10.1 Å². The first-order chi connectivity index (χ1) is 11.1. The van der Waals surface area contributed by atoms with E-state index in [0.717, 1.165) is 23.9 Å². The van der Waals surface area contributed by atoms with Crippen molar-refractivity contribution in [1.82, 2.24) is 10.2 Å². The Labute approximate surface area is 156 Å². The molecule has 0 saturated carbocycles. The Morgan fingerprint density at radius 2 is 2.17 bits per heavy atom. The molecule has 1 aromatic carbocycles. The molecule has 1 aliphatic rings. The predicted molar refractivity (Wildman–Crippen MR) is 96.9 cm³/mol. The topological polar surface area (TPSA) is 67.9 Å². The molecular formula is C16H22BrClN2O4. The van der Waals surface area contributed by atoms with Gasteiger partial charge in [-0.15, -0.1) is 12.4 Å². The van der Waals surface area contributed by atoms with Crippen LogP contribution in [0.1, 0.15) is 23.2 Å². The van der Waals surface area contributed by atoms with E-state index in [1.165, 1.54) is 7.11 Å². The fourth-order valence-corrected chi connectivity index (χ4v) is 3.01. The molecule has 1 N–H and O–H groups in total. The minimum atomic E-state index is -0.443. The van der Waals surface area contributed by atoms with Gasteiger partial charge in [-0.1, -0.05) is 15.9 Å². The van der Waals surface area contributed by atoms with Crippen LogP contribution in [-0.2, 0) is 9.53 Å². The second kappa shape index (κ2) is 9.86. The molecule has 134 valence electrons. The number of hydrogen-bond acceptors (Lipinski definition) is 5. The number of hydrogen-bond donors (Lipinski definition) is 1. The zero-order chi connectivity index (χ0) is 16.8. The summed E-state index contributed by atoms with van der Waals surface area (Å²) in [5.74, 6) is 0.0854. The largest absolute Gasteiger partial charge is 0.490 e. The number of benzene rings is 1. The van der Waals surface area contributed by atoms with E-state index in [1.54, 1.807) is 25.2 Å². The number of methoxy groups -OCH3 is 1. The fraction of sp³-hybridized carbons (Fsp3) is 0.500. The summed E-state index contributed by atoms with van der Waals surface area (Å²) >= 11 is 3.37. The number of likely N-dealkylation sites (tertiary alicyclic amines) is 1. The Kier molecular flexibility index (Phi) is 8.52. The lowest BCUT2D eigenvalue weighted by atomic mass is 10.2. The molecule has 2 rings (SSSR count). The Hall–Kier alpha value is -1.31. The first-order valence-corrected chi connectivity index (χ1v) is 8.31. The maximum Gasteiger partial charge on any atom is 0.341 e. The SMILES string of the molecule is CNCC(=O)N1CCC[C@@H]1COc1cc(Br)ccc1C(=O)OC.Cl. The highest BCUT2D eigenvalue weighted by Crippen LogP contribution is 2.26. The van der Waals surface area contributed by atoms with Gasteiger partial charge in [-0.2, -0.15) is 0 Å². The van der Waals surface area contributed by atoms with E-state index in [2.05, 4.69) is 21.2 Å². The lowest BCUT2D eigenvalue weighted by molar-refractivity contribution is -0.131. The maximum absolute atomic E-state index is 12.1. The van der Waals surface area contributed by atoms with Gasteiger partial charge in [0.25, 0.3) is 0 Å². The summed E-state index contributed by atoms with van der Waals surface area (Å²) in [6.45, 7) is 1.42. The van der Waals surface area contributed by atoms with Crippen molar-refractivity contribution in [3.05, 3.63) is 28.2 Å². The van der Waals surface area contributed by atoms with Crippen LogP contribution in [0.5, 0.6) is 5.75 Å². The molecule has 1 heterocycles. The van der Waals surface area contributed by atoms with Gasteiger partial charge in [-0.3, -0.25) is 4.79 Å². The van der Waals surface area contributed by atoms with Crippen molar-refractivity contribution in [3.8, 4) is 5.75 Å². The van der Waals surface area contributed by atoms with Crippen molar-refractivity contribution in [3.63, 3.8) is 0 Å². The molecule has 1 atom stereocenters. The van der Waals surface area contributed by atoms with Gasteiger partial charge in [0.2, 0.25) is 5.91 Å². The summed E-state index contributed by atoms with van der Waals surface area (Å²) in [7, 11) is 3.09. The minimum absolute atomic E-state index is 0. The average Bonchev–Trinajstić information content (AvgIpc) is 3.01. The molecule has 24 heavy (non-hydrogen) atoms. The Balaban J connectivity index is 0.00000288. The highest BCUT2D eigenvalue weighted by Gasteiger charge is 2.29. The molecule has 0 bridgehead atoms. The van der Waals surface area contributed by atoms with Crippen molar-refractivity contribution in [2.45, 2.75) is 18.9 Å². The van der Waals surface area contributed by atoms with Crippen molar-refractivity contribution in [2.75, 3.05) is 33.9 Å². The normalized spacial score (nSPS) is 16.5. The number of esters is 1. The summed E-state index contributed by atoms with van der Waals surface area (Å²) in [6.07, 6.45) is 1.86. The van der Waals surface area contributed by atoms with Gasteiger partial charge in [0, 0.05) is 11.0 Å². The second-order valence-electron chi connectivity index (χ2n) is 5.36. The van der Waals surface area contributed by atoms with E-state index in [1.807, 2.05) is 4.90 Å². The molecule has 0 spiro atoms. The zero-order valence-corrected chi connectivity index (χ0v) is 16.1. The van der Waals surface area contributed by atoms with Crippen molar-refractivity contribution >= 4 is 40.2 Å². The zero-order valence-electron chi connectivity index (χ0n) is 13.7. The van der Waals surface area contributed by atoms with E-state index in [9.17, 15) is 9.59 Å². The highest BCUT2D eigenvalue weighted by atomic mass is 79.9. The standard InChI is InChI=1S/C16H21BrN2O4.ClH/c1-18-9-15(20)19-7-3-4-12(19)10-23-14-8-11(17)5-6-13(14)16(21)22-2;/h5-6,8,12,18H,3-4,7,9-10H2,1-2H3;1H/t12-;/m1./s1. The van der Waals surface area contributed by atoms with Crippen molar-refractivity contribution < 1.29 is 19.1 Å². The molecule has 0 aromatic heterocycles. The van der Waals surface area contributed by atoms with Crippen LogP contribution in [0, 0.1) is 0 Å². The first-order valence-electron chi connectivity index (χ1n) is 7.51. The van der Waals surface area contributed by atoms with E-state index in [-0.39, 0.29) is 24.4 Å². The van der Waals surface area contributed by atoms with Gasteiger partial charge in [-0.25, -0.2) is 4.79 Å². The summed E-state index contributed by atoms with van der Waals surface area (Å²) in [4.78, 5) is 25.7. The van der Waals surface area contributed by atoms with Gasteiger partial charge in [-0.05, 0) is 38.1 Å². The van der Waals surface area contributed by atoms with E-state index in [0.29, 0.717) is 24.5 Å². The molecular weight excluding hydrogens is 400 g/mol. The van der Waals surface area contributed by atoms with Gasteiger partial charge >= 0.3 is 5.97 Å². The van der Waals surface area contributed by atoms with Gasteiger partial charge in [0.05, 0.1) is 19.7 Å². The molecule has 0 radical (unpaired) electrons. The number of nitrogens with zero attached hydrogens (tertiary/aromatic N) is 1. The molecule has 8 heteroatoms. The van der Waals surface area contributed by atoms with Crippen LogP contribution in [0.3, 0.4) is 0 Å². The lowest BCUT2D eigenvalue weighted by Gasteiger charge is -2.25. The lowest BCUT2D eigenvalue weighted by Crippen LogP contribution is -2.42. The molecule has 1 aromatic rings. The second-order valence-corrected chi connectivity index (χ2v) is 6.27. The molecule has 6 nitrogen and oxygen atoms in total. The van der Waals surface area contributed by atoms with Crippen LogP contribution in [-0.4, -0.2) is 56.7 Å². The number of ether oxygens (including phenoxy) is 2. The summed E-state index contributed by atoms with van der Waals surface area (Å²) in [6, 6.07) is 5.18. The van der Waals surface area contributed by atoms with Gasteiger partial charge in [0.15, 0.2) is 0 Å². The molecule has 1 amide bonds. The Bertz CT molecular complexity index is 585. The maximum atomic E-state index is 12.1. The van der Waals surface area contributed by atoms with E-state index < -0.39 is 5.97 Å². The first kappa shape index (κ1) is 20.7. The van der Waals surface area contributed by atoms with Crippen molar-refractivity contribution in [2.24, 2.45) is 0 Å². The number of amides is 1. The van der Waals surface area contributed by atoms with Crippen LogP contribution in [0.15, 0.2) is 22.7 Å². The molecule has 1 saturated heterocycles. The molecule has 1 fully saturated rings. The predicted octanol–water partition coefficient (Wildman–Crippen LogP) is 2.25. The fourth-order valence-electron chi connectivity index (χ4n) is 2.67. The molecule has 0 aliphatic carbocycles. The minimum Gasteiger partial charge on any atom is -0.490 e. The van der Waals surface area contributed by atoms with Gasteiger partial charge < -0.3 is 19.7 Å². The highest BCUT2D eigenvalue weighted by molar-refractivity contribution is 9.10. The molecule has 0 unspecified atom stereocenters. The van der Waals surface area contributed by atoms with E-state index in [4.69, 9.17) is 9.47 Å². The summed E-state index contributed by atoms with van der Waals surface area (Å²) in [5.41, 5.74) is 0.377. The van der Waals surface area contributed by atoms with Crippen LogP contribution in [0.4, 0.5) is 0 Å². The number of rotatable bonds is 6.